The SMILES string of the molecule is CCc1nccc(-c2ccc3c(c2)cc(C(=O)N2CCc4nn(-c5cc(C)c(F)c(C)c5)c(-n5ccn(-c6ccc(OC)c(F)c6)c5=O)c4C2)n3C2(c3noc(=O)[nH]3)CC2)c1C. The first-order valence-corrected chi connectivity index (χ1v) is 20.4. The molecule has 62 heavy (non-hydrogen) atoms. The third kappa shape index (κ3) is 6.02. The molecular formula is C46H41F2N9O5. The van der Waals surface area contributed by atoms with Crippen LogP contribution in [0.1, 0.15) is 69.7 Å². The highest BCUT2D eigenvalue weighted by atomic mass is 19.1. The van der Waals surface area contributed by atoms with Crippen LogP contribution in [0.15, 0.2) is 93.4 Å². The Hall–Kier alpha value is -7.36. The number of hydrogen-bond acceptors (Lipinski definition) is 8. The number of nitrogens with zero attached hydrogens (tertiary/aromatic N) is 8. The Morgan fingerprint density at radius 1 is 0.952 bits per heavy atom. The van der Waals surface area contributed by atoms with Crippen LogP contribution < -0.4 is 16.2 Å². The van der Waals surface area contributed by atoms with Crippen LogP contribution in [0.4, 0.5) is 8.78 Å². The number of aryl methyl sites for hydroxylation is 3. The number of benzene rings is 3. The van der Waals surface area contributed by atoms with E-state index in [-0.39, 0.29) is 29.7 Å². The third-order valence-electron chi connectivity index (χ3n) is 12.4. The summed E-state index contributed by atoms with van der Waals surface area (Å²) in [7, 11) is 1.36. The highest BCUT2D eigenvalue weighted by Gasteiger charge is 2.52. The van der Waals surface area contributed by atoms with E-state index < -0.39 is 22.8 Å². The molecule has 1 aliphatic carbocycles. The summed E-state index contributed by atoms with van der Waals surface area (Å²) in [6, 6.07) is 17.6. The largest absolute Gasteiger partial charge is 0.494 e. The van der Waals surface area contributed by atoms with Crippen LogP contribution in [0, 0.1) is 32.4 Å². The zero-order valence-electron chi connectivity index (χ0n) is 34.6. The fourth-order valence-electron chi connectivity index (χ4n) is 9.07. The summed E-state index contributed by atoms with van der Waals surface area (Å²) < 4.78 is 46.2. The summed E-state index contributed by atoms with van der Waals surface area (Å²) >= 11 is 0. The van der Waals surface area contributed by atoms with Gasteiger partial charge >= 0.3 is 11.4 Å². The summed E-state index contributed by atoms with van der Waals surface area (Å²) in [5.41, 5.74) is 6.86. The molecule has 5 aromatic heterocycles. The van der Waals surface area contributed by atoms with Gasteiger partial charge in [-0.2, -0.15) is 5.10 Å². The van der Waals surface area contributed by atoms with Crippen molar-refractivity contribution in [2.75, 3.05) is 13.7 Å². The minimum atomic E-state index is -0.825. The van der Waals surface area contributed by atoms with Crippen molar-refractivity contribution in [3.63, 3.8) is 0 Å². The zero-order valence-corrected chi connectivity index (χ0v) is 34.6. The monoisotopic (exact) mass is 837 g/mol. The molecule has 1 fully saturated rings. The molecular weight excluding hydrogens is 797 g/mol. The number of H-pyrrole nitrogens is 1. The molecule has 1 saturated carbocycles. The van der Waals surface area contributed by atoms with Crippen LogP contribution in [0.25, 0.3) is 39.2 Å². The van der Waals surface area contributed by atoms with E-state index in [4.69, 9.17) is 14.4 Å². The second kappa shape index (κ2) is 14.4. The Morgan fingerprint density at radius 2 is 1.73 bits per heavy atom. The number of pyridine rings is 1. The molecule has 16 heteroatoms. The van der Waals surface area contributed by atoms with Crippen LogP contribution in [-0.2, 0) is 24.9 Å². The fraction of sp³-hybridized carbons (Fsp3) is 0.261. The van der Waals surface area contributed by atoms with Crippen molar-refractivity contribution in [3.05, 3.63) is 157 Å². The summed E-state index contributed by atoms with van der Waals surface area (Å²) in [5.74, 6) is -1.19. The Kier molecular flexibility index (Phi) is 9.01. The number of aromatic nitrogens is 8. The van der Waals surface area contributed by atoms with Crippen LogP contribution in [0.3, 0.4) is 0 Å². The van der Waals surface area contributed by atoms with E-state index in [0.717, 1.165) is 39.7 Å². The quantitative estimate of drug-likeness (QED) is 0.163. The number of carbonyl (C=O) groups excluding carboxylic acids is 1. The van der Waals surface area contributed by atoms with Crippen molar-refractivity contribution in [3.8, 4) is 34.1 Å². The molecule has 0 radical (unpaired) electrons. The number of methoxy groups -OCH3 is 1. The maximum absolute atomic E-state index is 15.2. The van der Waals surface area contributed by atoms with Crippen LogP contribution in [-0.4, -0.2) is 63.1 Å². The molecule has 1 amide bonds. The molecule has 14 nitrogen and oxygen atoms in total. The minimum absolute atomic E-state index is 0.0380. The van der Waals surface area contributed by atoms with E-state index in [0.29, 0.717) is 71.2 Å². The number of hydrogen-bond donors (Lipinski definition) is 1. The Bertz CT molecular complexity index is 3230. The molecule has 2 aliphatic rings. The Labute approximate surface area is 352 Å². The van der Waals surface area contributed by atoms with E-state index >= 15 is 4.79 Å². The van der Waals surface area contributed by atoms with E-state index in [2.05, 4.69) is 35.0 Å². The minimum Gasteiger partial charge on any atom is -0.494 e. The summed E-state index contributed by atoms with van der Waals surface area (Å²) in [6.45, 7) is 7.85. The van der Waals surface area contributed by atoms with Crippen molar-refractivity contribution in [1.82, 2.24) is 43.5 Å². The number of nitrogens with one attached hydrogen (secondary N) is 1. The van der Waals surface area contributed by atoms with Gasteiger partial charge in [0, 0.05) is 59.8 Å². The Balaban J connectivity index is 1.11. The van der Waals surface area contributed by atoms with Gasteiger partial charge in [-0.15, -0.1) is 0 Å². The van der Waals surface area contributed by atoms with Crippen molar-refractivity contribution in [2.24, 2.45) is 0 Å². The molecule has 0 bridgehead atoms. The average molecular weight is 838 g/mol. The lowest BCUT2D eigenvalue weighted by Gasteiger charge is -2.28. The maximum atomic E-state index is 15.2. The summed E-state index contributed by atoms with van der Waals surface area (Å²) in [4.78, 5) is 50.9. The smallest absolute Gasteiger partial charge is 0.438 e. The van der Waals surface area contributed by atoms with E-state index in [1.807, 2.05) is 35.0 Å². The predicted molar refractivity (Wildman–Crippen MR) is 226 cm³/mol. The molecule has 6 heterocycles. The van der Waals surface area contributed by atoms with Crippen molar-refractivity contribution >= 4 is 16.8 Å². The second-order valence-electron chi connectivity index (χ2n) is 16.1. The molecule has 3 aromatic carbocycles. The van der Waals surface area contributed by atoms with Gasteiger partial charge in [0.2, 0.25) is 0 Å². The van der Waals surface area contributed by atoms with Crippen LogP contribution in [0.2, 0.25) is 0 Å². The van der Waals surface area contributed by atoms with Gasteiger partial charge in [-0.05, 0) is 116 Å². The molecule has 10 rings (SSSR count). The van der Waals surface area contributed by atoms with E-state index in [9.17, 15) is 18.4 Å². The molecule has 314 valence electrons. The molecule has 0 unspecified atom stereocenters. The molecule has 0 spiro atoms. The lowest BCUT2D eigenvalue weighted by molar-refractivity contribution is 0.0721. The van der Waals surface area contributed by atoms with Crippen molar-refractivity contribution in [1.29, 1.82) is 0 Å². The first kappa shape index (κ1) is 38.8. The number of fused-ring (bicyclic) bond motifs is 2. The first-order valence-electron chi connectivity index (χ1n) is 20.4. The lowest BCUT2D eigenvalue weighted by atomic mass is 9.98. The molecule has 8 aromatic rings. The molecule has 0 saturated heterocycles. The van der Waals surface area contributed by atoms with Gasteiger partial charge in [-0.25, -0.2) is 23.1 Å². The molecule has 1 aliphatic heterocycles. The maximum Gasteiger partial charge on any atom is 0.438 e. The normalized spacial score (nSPS) is 14.4. The first-order chi connectivity index (χ1) is 29.9. The number of imidazole rings is 1. The zero-order chi connectivity index (χ0) is 43.2. The van der Waals surface area contributed by atoms with Gasteiger partial charge in [-0.3, -0.25) is 28.4 Å². The standard InChI is InChI=1S/C46H41F2N9O5/c1-6-35-27(4)32(11-15-49-35)28-7-9-37-29(21-28)22-38(56(37)46(13-14-46)43-50-44(59)62-52-43)42(58)53-16-12-36-33(24-53)41(57(51-36)31-19-25(2)40(48)26(3)20-31)55-18-17-54(45(55)60)30-8-10-39(61-5)34(47)23-30/h7-11,15,17-23H,6,12-14,16,24H2,1-5H3,(H,50,52,59). The highest BCUT2D eigenvalue weighted by Crippen LogP contribution is 2.51. The summed E-state index contributed by atoms with van der Waals surface area (Å²) in [6.07, 6.45) is 7.29. The average Bonchev–Trinajstić information content (AvgIpc) is 3.54. The third-order valence-corrected chi connectivity index (χ3v) is 12.4. The second-order valence-corrected chi connectivity index (χ2v) is 16.1. The number of ether oxygens (including phenoxy) is 1. The van der Waals surface area contributed by atoms with Gasteiger partial charge in [0.05, 0.1) is 30.7 Å². The van der Waals surface area contributed by atoms with Crippen LogP contribution >= 0.6 is 0 Å². The van der Waals surface area contributed by atoms with Gasteiger partial charge in [-0.1, -0.05) is 18.1 Å². The lowest BCUT2D eigenvalue weighted by Crippen LogP contribution is -2.38. The highest BCUT2D eigenvalue weighted by molar-refractivity contribution is 6.00. The van der Waals surface area contributed by atoms with Gasteiger partial charge in [0.1, 0.15) is 22.9 Å². The van der Waals surface area contributed by atoms with Gasteiger partial charge < -0.3 is 14.2 Å². The van der Waals surface area contributed by atoms with Gasteiger partial charge in [0.15, 0.2) is 17.4 Å². The number of rotatable bonds is 9. The predicted octanol–water partition coefficient (Wildman–Crippen LogP) is 7.02. The number of halogens is 2. The Morgan fingerprint density at radius 3 is 2.42 bits per heavy atom. The van der Waals surface area contributed by atoms with Gasteiger partial charge in [0.25, 0.3) is 5.91 Å². The number of amides is 1. The molecule has 0 atom stereocenters. The van der Waals surface area contributed by atoms with Crippen molar-refractivity contribution < 1.29 is 22.8 Å². The number of aromatic amines is 1. The number of carbonyl (C=O) groups is 1. The summed E-state index contributed by atoms with van der Waals surface area (Å²) in [5, 5.41) is 9.91. The van der Waals surface area contributed by atoms with E-state index in [1.165, 1.54) is 34.6 Å². The molecule has 1 N–H and O–H groups in total. The van der Waals surface area contributed by atoms with E-state index in [1.54, 1.807) is 47.8 Å². The van der Waals surface area contributed by atoms with Crippen molar-refractivity contribution in [2.45, 2.75) is 65.5 Å². The van der Waals surface area contributed by atoms with Crippen LogP contribution in [0.5, 0.6) is 5.75 Å². The fourth-order valence-corrected chi connectivity index (χ4v) is 9.07. The topological polar surface area (TPSA) is 151 Å².